The summed E-state index contributed by atoms with van der Waals surface area (Å²) in [6.07, 6.45) is 9.44. The number of aromatic nitrogens is 3. The van der Waals surface area contributed by atoms with Crippen LogP contribution in [-0.4, -0.2) is 62.4 Å². The molecule has 1 amide bonds. The van der Waals surface area contributed by atoms with Gasteiger partial charge in [-0.1, -0.05) is 36.8 Å². The Morgan fingerprint density at radius 2 is 1.65 bits per heavy atom. The van der Waals surface area contributed by atoms with Crippen LogP contribution in [-0.2, 0) is 24.8 Å². The molecule has 4 heterocycles. The van der Waals surface area contributed by atoms with E-state index in [0.29, 0.717) is 37.9 Å². The van der Waals surface area contributed by atoms with Crippen LogP contribution in [0.4, 0.5) is 0 Å². The summed E-state index contributed by atoms with van der Waals surface area (Å²) in [4.78, 5) is 35.0. The summed E-state index contributed by atoms with van der Waals surface area (Å²) in [7, 11) is 2.03. The number of aryl methyl sites for hydroxylation is 1. The Balaban J connectivity index is 1.13. The fourth-order valence-electron chi connectivity index (χ4n) is 6.16. The number of piperidine rings is 2. The van der Waals surface area contributed by atoms with Crippen molar-refractivity contribution in [1.82, 2.24) is 24.6 Å². The number of ketones is 1. The van der Waals surface area contributed by atoms with Gasteiger partial charge in [-0.3, -0.25) is 24.2 Å². The van der Waals surface area contributed by atoms with Crippen LogP contribution in [0.1, 0.15) is 53.8 Å². The second-order valence-electron chi connectivity index (χ2n) is 11.3. The zero-order chi connectivity index (χ0) is 27.5. The lowest BCUT2D eigenvalue weighted by Gasteiger charge is -2.31. The van der Waals surface area contributed by atoms with E-state index in [1.54, 1.807) is 0 Å². The molecule has 0 bridgehead atoms. The molecule has 0 saturated carbocycles. The maximum atomic E-state index is 13.2. The number of likely N-dealkylation sites (tertiary alicyclic amines) is 2. The van der Waals surface area contributed by atoms with Crippen LogP contribution >= 0.6 is 0 Å². The van der Waals surface area contributed by atoms with Crippen molar-refractivity contribution in [2.24, 2.45) is 13.0 Å². The molecule has 2 aromatic heterocycles. The molecule has 2 saturated heterocycles. The molecular formula is C33H37N5O2. The van der Waals surface area contributed by atoms with E-state index in [9.17, 15) is 9.59 Å². The molecule has 7 nitrogen and oxygen atoms in total. The lowest BCUT2D eigenvalue weighted by Crippen LogP contribution is -2.40. The summed E-state index contributed by atoms with van der Waals surface area (Å²) in [5, 5.41) is 6.74. The zero-order valence-electron chi connectivity index (χ0n) is 23.3. The number of hydrogen-bond donors (Lipinski definition) is 0. The van der Waals surface area contributed by atoms with E-state index in [4.69, 9.17) is 0 Å². The quantitative estimate of drug-likeness (QED) is 0.322. The lowest BCUT2D eigenvalue weighted by atomic mass is 9.89. The Labute approximate surface area is 235 Å². The van der Waals surface area contributed by atoms with Crippen molar-refractivity contribution in [1.29, 1.82) is 0 Å². The summed E-state index contributed by atoms with van der Waals surface area (Å²) in [5.41, 5.74) is 5.06. The van der Waals surface area contributed by atoms with Crippen molar-refractivity contribution in [3.63, 3.8) is 0 Å². The first kappa shape index (κ1) is 26.4. The van der Waals surface area contributed by atoms with Gasteiger partial charge >= 0.3 is 0 Å². The first-order chi connectivity index (χ1) is 19.5. The van der Waals surface area contributed by atoms with E-state index < -0.39 is 0 Å². The Morgan fingerprint density at radius 3 is 2.42 bits per heavy atom. The van der Waals surface area contributed by atoms with Crippen LogP contribution in [0.3, 0.4) is 0 Å². The predicted octanol–water partition coefficient (Wildman–Crippen LogP) is 5.29. The highest BCUT2D eigenvalue weighted by atomic mass is 16.2. The molecule has 0 aliphatic carbocycles. The number of benzene rings is 2. The van der Waals surface area contributed by atoms with E-state index in [0.717, 1.165) is 41.7 Å². The largest absolute Gasteiger partial charge is 0.339 e. The fourth-order valence-corrected chi connectivity index (χ4v) is 6.16. The van der Waals surface area contributed by atoms with Gasteiger partial charge in [-0.15, -0.1) is 0 Å². The topological polar surface area (TPSA) is 71.3 Å². The van der Waals surface area contributed by atoms with E-state index >= 15 is 0 Å². The Morgan fingerprint density at radius 1 is 0.875 bits per heavy atom. The molecule has 4 aromatic rings. The van der Waals surface area contributed by atoms with Crippen LogP contribution in [0.15, 0.2) is 67.0 Å². The number of pyridine rings is 1. The van der Waals surface area contributed by atoms with Gasteiger partial charge in [0.2, 0.25) is 0 Å². The SMILES string of the molecule is Cn1ncc(-c2ccc3cnc(CC(=O)C4CCN(C(=O)c5ccccc5)CC4)cc3c2)c1CN1CCCCC1. The van der Waals surface area contributed by atoms with Crippen LogP contribution in [0.2, 0.25) is 0 Å². The highest BCUT2D eigenvalue weighted by Gasteiger charge is 2.28. The molecular weight excluding hydrogens is 498 g/mol. The molecule has 2 aromatic carbocycles. The molecule has 0 N–H and O–H groups in total. The Bertz CT molecular complexity index is 1500. The number of fused-ring (bicyclic) bond motifs is 1. The molecule has 0 spiro atoms. The van der Waals surface area contributed by atoms with Gasteiger partial charge in [-0.2, -0.15) is 5.10 Å². The zero-order valence-corrected chi connectivity index (χ0v) is 23.3. The molecule has 7 heteroatoms. The average molecular weight is 536 g/mol. The summed E-state index contributed by atoms with van der Waals surface area (Å²) in [6.45, 7) is 4.43. The summed E-state index contributed by atoms with van der Waals surface area (Å²) in [5.74, 6) is 0.230. The Hall–Kier alpha value is -3.84. The number of rotatable bonds is 7. The molecule has 0 atom stereocenters. The van der Waals surface area contributed by atoms with Crippen molar-refractivity contribution in [3.05, 3.63) is 83.9 Å². The Kier molecular flexibility index (Phi) is 7.73. The van der Waals surface area contributed by atoms with Crippen molar-refractivity contribution in [3.8, 4) is 11.1 Å². The van der Waals surface area contributed by atoms with Gasteiger partial charge in [0.1, 0.15) is 5.78 Å². The van der Waals surface area contributed by atoms with Crippen LogP contribution in [0.25, 0.3) is 21.9 Å². The van der Waals surface area contributed by atoms with Crippen LogP contribution < -0.4 is 0 Å². The smallest absolute Gasteiger partial charge is 0.253 e. The minimum atomic E-state index is -0.0311. The third-order valence-corrected chi connectivity index (χ3v) is 8.59. The van der Waals surface area contributed by atoms with E-state index in [-0.39, 0.29) is 17.6 Å². The highest BCUT2D eigenvalue weighted by Crippen LogP contribution is 2.29. The maximum Gasteiger partial charge on any atom is 0.253 e. The van der Waals surface area contributed by atoms with Crippen molar-refractivity contribution in [2.75, 3.05) is 26.2 Å². The van der Waals surface area contributed by atoms with Crippen LogP contribution in [0.5, 0.6) is 0 Å². The van der Waals surface area contributed by atoms with Crippen molar-refractivity contribution >= 4 is 22.5 Å². The molecule has 40 heavy (non-hydrogen) atoms. The number of Topliss-reactive ketones (excluding diaryl/α,β-unsaturated/α-hetero) is 1. The third kappa shape index (κ3) is 5.70. The number of carbonyl (C=O) groups excluding carboxylic acids is 2. The molecule has 0 unspecified atom stereocenters. The monoisotopic (exact) mass is 535 g/mol. The molecule has 2 aliphatic rings. The van der Waals surface area contributed by atoms with Gasteiger partial charge in [0.05, 0.1) is 11.9 Å². The van der Waals surface area contributed by atoms with Gasteiger partial charge in [0, 0.05) is 67.4 Å². The predicted molar refractivity (Wildman–Crippen MR) is 157 cm³/mol. The van der Waals surface area contributed by atoms with Gasteiger partial charge in [-0.05, 0) is 74.0 Å². The molecule has 0 radical (unpaired) electrons. The van der Waals surface area contributed by atoms with E-state index in [1.807, 2.05) is 59.4 Å². The number of nitrogens with zero attached hydrogens (tertiary/aromatic N) is 5. The second-order valence-corrected chi connectivity index (χ2v) is 11.3. The summed E-state index contributed by atoms with van der Waals surface area (Å²) in [6, 6.07) is 17.9. The standard InChI is InChI=1S/C33H37N5O2/c1-36-31(23-37-14-6-3-7-15-37)30(22-35-36)26-10-11-27-21-34-29(19-28(27)18-26)20-32(39)24-12-16-38(17-13-24)33(40)25-8-4-2-5-9-25/h2,4-5,8-11,18-19,21-22,24H,3,6-7,12-17,20,23H2,1H3. The van der Waals surface area contributed by atoms with Gasteiger partial charge in [0.25, 0.3) is 5.91 Å². The van der Waals surface area contributed by atoms with Gasteiger partial charge in [0.15, 0.2) is 0 Å². The second kappa shape index (κ2) is 11.7. The number of hydrogen-bond acceptors (Lipinski definition) is 5. The number of carbonyl (C=O) groups is 2. The third-order valence-electron chi connectivity index (χ3n) is 8.59. The maximum absolute atomic E-state index is 13.2. The molecule has 6 rings (SSSR count). The van der Waals surface area contributed by atoms with Crippen LogP contribution in [0, 0.1) is 5.92 Å². The first-order valence-corrected chi connectivity index (χ1v) is 14.5. The first-order valence-electron chi connectivity index (χ1n) is 14.5. The van der Waals surface area contributed by atoms with Crippen molar-refractivity contribution < 1.29 is 9.59 Å². The van der Waals surface area contributed by atoms with Gasteiger partial charge < -0.3 is 4.90 Å². The van der Waals surface area contributed by atoms with Crippen molar-refractivity contribution in [2.45, 2.75) is 45.1 Å². The summed E-state index contributed by atoms with van der Waals surface area (Å²) < 4.78 is 2.00. The minimum absolute atomic E-state index is 0.0311. The summed E-state index contributed by atoms with van der Waals surface area (Å²) >= 11 is 0. The highest BCUT2D eigenvalue weighted by molar-refractivity contribution is 5.94. The van der Waals surface area contributed by atoms with E-state index in [2.05, 4.69) is 39.2 Å². The molecule has 206 valence electrons. The minimum Gasteiger partial charge on any atom is -0.339 e. The molecule has 2 aliphatic heterocycles. The average Bonchev–Trinajstić information content (AvgIpc) is 3.37. The van der Waals surface area contributed by atoms with Gasteiger partial charge in [-0.25, -0.2) is 0 Å². The molecule has 2 fully saturated rings. The lowest BCUT2D eigenvalue weighted by molar-refractivity contribution is -0.123. The number of amides is 1. The van der Waals surface area contributed by atoms with E-state index in [1.165, 1.54) is 30.5 Å². The normalized spacial score (nSPS) is 16.9. The fraction of sp³-hybridized carbons (Fsp3) is 0.394.